The number of pyridine rings is 1. The van der Waals surface area contributed by atoms with E-state index in [0.29, 0.717) is 21.8 Å². The molecule has 0 spiro atoms. The molecular weight excluding hydrogens is 533 g/mol. The van der Waals surface area contributed by atoms with Crippen molar-refractivity contribution >= 4 is 11.6 Å². The van der Waals surface area contributed by atoms with Crippen molar-refractivity contribution in [3.05, 3.63) is 126 Å². The normalized spacial score (nSPS) is 11.0. The lowest BCUT2D eigenvalue weighted by Gasteiger charge is -2.16. The van der Waals surface area contributed by atoms with E-state index in [-0.39, 0.29) is 23.0 Å². The van der Waals surface area contributed by atoms with E-state index in [1.54, 1.807) is 37.3 Å². The predicted molar refractivity (Wildman–Crippen MR) is 135 cm³/mol. The molecule has 0 bridgehead atoms. The van der Waals surface area contributed by atoms with Gasteiger partial charge in [-0.2, -0.15) is 4.98 Å². The summed E-state index contributed by atoms with van der Waals surface area (Å²) in [6.45, 7) is 0.807. The monoisotopic (exact) mass is 552 g/mol. The summed E-state index contributed by atoms with van der Waals surface area (Å²) in [5, 5.41) is 6.57. The van der Waals surface area contributed by atoms with Crippen LogP contribution in [0.2, 0.25) is 0 Å². The van der Waals surface area contributed by atoms with E-state index < -0.39 is 47.5 Å². The van der Waals surface area contributed by atoms with Crippen molar-refractivity contribution in [2.45, 2.75) is 20.0 Å². The van der Waals surface area contributed by atoms with E-state index >= 15 is 0 Å². The second kappa shape index (κ2) is 10.8. The number of nitrogens with one attached hydrogen (secondary N) is 2. The van der Waals surface area contributed by atoms with Crippen LogP contribution in [-0.2, 0) is 13.1 Å². The second-order valence-corrected chi connectivity index (χ2v) is 8.60. The molecule has 0 aliphatic rings. The Morgan fingerprint density at radius 2 is 1.70 bits per heavy atom. The van der Waals surface area contributed by atoms with Crippen LogP contribution in [0.25, 0.3) is 0 Å². The van der Waals surface area contributed by atoms with Gasteiger partial charge in [0.15, 0.2) is 17.5 Å². The van der Waals surface area contributed by atoms with Gasteiger partial charge in [-0.3, -0.25) is 9.36 Å². The second-order valence-electron chi connectivity index (χ2n) is 8.60. The van der Waals surface area contributed by atoms with Gasteiger partial charge in [-0.05, 0) is 60.1 Å². The Balaban J connectivity index is 1.52. The number of benzene rings is 2. The smallest absolute Gasteiger partial charge is 0.355 e. The maximum Gasteiger partial charge on any atom is 0.355 e. The van der Waals surface area contributed by atoms with E-state index in [9.17, 15) is 27.6 Å². The number of aryl methyl sites for hydroxylation is 1. The van der Waals surface area contributed by atoms with Gasteiger partial charge in [0.25, 0.3) is 11.4 Å². The summed E-state index contributed by atoms with van der Waals surface area (Å²) in [6.07, 6.45) is 1.39. The number of anilines is 2. The van der Waals surface area contributed by atoms with Crippen molar-refractivity contribution in [3.63, 3.8) is 0 Å². The van der Waals surface area contributed by atoms with Gasteiger partial charge in [0, 0.05) is 23.5 Å². The van der Waals surface area contributed by atoms with E-state index in [4.69, 9.17) is 9.26 Å². The van der Waals surface area contributed by atoms with Gasteiger partial charge in [0.2, 0.25) is 5.95 Å². The highest BCUT2D eigenvalue weighted by Gasteiger charge is 2.18. The lowest BCUT2D eigenvalue weighted by Crippen LogP contribution is -2.43. The minimum atomic E-state index is -1.66. The molecule has 0 saturated carbocycles. The first-order valence-corrected chi connectivity index (χ1v) is 11.7. The van der Waals surface area contributed by atoms with Crippen LogP contribution in [0.4, 0.5) is 24.8 Å². The molecule has 5 rings (SSSR count). The Bertz CT molecular complexity index is 1850. The largest absolute Gasteiger partial charge is 0.436 e. The lowest BCUT2D eigenvalue weighted by atomic mass is 10.2. The first-order chi connectivity index (χ1) is 19.2. The molecule has 0 atom stereocenters. The van der Waals surface area contributed by atoms with E-state index in [0.717, 1.165) is 16.7 Å². The van der Waals surface area contributed by atoms with Gasteiger partial charge in [-0.25, -0.2) is 27.3 Å². The van der Waals surface area contributed by atoms with Crippen LogP contribution < -0.4 is 27.0 Å². The van der Waals surface area contributed by atoms with Gasteiger partial charge in [0.05, 0.1) is 13.1 Å². The minimum absolute atomic E-state index is 0.104. The Morgan fingerprint density at radius 3 is 2.35 bits per heavy atom. The molecule has 0 radical (unpaired) electrons. The summed E-state index contributed by atoms with van der Waals surface area (Å²) >= 11 is 0. The summed E-state index contributed by atoms with van der Waals surface area (Å²) < 4.78 is 53.5. The predicted octanol–water partition coefficient (Wildman–Crippen LogP) is 3.44. The van der Waals surface area contributed by atoms with E-state index in [1.807, 2.05) is 0 Å². The van der Waals surface area contributed by atoms with Crippen LogP contribution in [0.3, 0.4) is 0 Å². The van der Waals surface area contributed by atoms with Crippen LogP contribution in [0, 0.1) is 24.4 Å². The third kappa shape index (κ3) is 5.55. The standard InChI is InChI=1S/C26H19F3N6O5/c1-14-9-21(33-40-14)39-18-6-4-17(5-7-18)31-24-32-25(37)35(13-16-3-2-8-30-23(16)36)26(38)34(24)12-15-10-19(27)22(29)20(28)11-15/h2-11H,12-13H2,1H3,(H,30,36)(H,31,32,37). The van der Waals surface area contributed by atoms with Crippen LogP contribution in [0.15, 0.2) is 79.7 Å². The molecule has 0 aliphatic carbocycles. The molecule has 3 aromatic heterocycles. The first kappa shape index (κ1) is 26.2. The molecule has 5 aromatic rings. The molecular formula is C26H19F3N6O5. The number of hydrogen-bond donors (Lipinski definition) is 2. The summed E-state index contributed by atoms with van der Waals surface area (Å²) in [5.41, 5.74) is -2.07. The molecule has 2 N–H and O–H groups in total. The van der Waals surface area contributed by atoms with Crippen LogP contribution >= 0.6 is 0 Å². The number of H-pyrrole nitrogens is 1. The number of aromatic nitrogens is 5. The molecule has 0 aliphatic heterocycles. The Morgan fingerprint density at radius 1 is 0.975 bits per heavy atom. The van der Waals surface area contributed by atoms with Crippen molar-refractivity contribution in [1.82, 2.24) is 24.3 Å². The zero-order valence-electron chi connectivity index (χ0n) is 20.7. The molecule has 11 nitrogen and oxygen atoms in total. The Kier molecular flexibility index (Phi) is 7.05. The number of hydrogen-bond acceptors (Lipinski definition) is 8. The first-order valence-electron chi connectivity index (χ1n) is 11.7. The fourth-order valence-electron chi connectivity index (χ4n) is 3.78. The molecule has 0 saturated heterocycles. The van der Waals surface area contributed by atoms with Gasteiger partial charge < -0.3 is 19.6 Å². The fraction of sp³-hybridized carbons (Fsp3) is 0.115. The van der Waals surface area contributed by atoms with Crippen molar-refractivity contribution in [2.24, 2.45) is 0 Å². The maximum atomic E-state index is 13.9. The molecule has 0 unspecified atom stereocenters. The van der Waals surface area contributed by atoms with Crippen LogP contribution in [-0.4, -0.2) is 24.3 Å². The van der Waals surface area contributed by atoms with Crippen molar-refractivity contribution in [1.29, 1.82) is 0 Å². The number of nitrogens with zero attached hydrogens (tertiary/aromatic N) is 4. The topological polar surface area (TPSA) is 137 Å². The summed E-state index contributed by atoms with van der Waals surface area (Å²) in [4.78, 5) is 44.8. The van der Waals surface area contributed by atoms with Crippen molar-refractivity contribution in [3.8, 4) is 11.6 Å². The number of aromatic amines is 1. The Labute approximate surface area is 222 Å². The SMILES string of the molecule is Cc1cc(Oc2ccc(Nc3nc(=O)n(Cc4ccc[nH]c4=O)c(=O)n3Cc3cc(F)c(F)c(F)c3)cc2)no1. The van der Waals surface area contributed by atoms with Gasteiger partial charge in [-0.1, -0.05) is 6.07 Å². The van der Waals surface area contributed by atoms with Gasteiger partial charge >= 0.3 is 11.4 Å². The number of halogens is 3. The summed E-state index contributed by atoms with van der Waals surface area (Å²) in [5.74, 6) is -3.62. The third-order valence-electron chi connectivity index (χ3n) is 5.70. The average molecular weight is 552 g/mol. The van der Waals surface area contributed by atoms with Crippen LogP contribution in [0.1, 0.15) is 16.9 Å². The van der Waals surface area contributed by atoms with Crippen molar-refractivity contribution in [2.75, 3.05) is 5.32 Å². The summed E-state index contributed by atoms with van der Waals surface area (Å²) in [7, 11) is 0. The molecule has 14 heteroatoms. The zero-order valence-corrected chi connectivity index (χ0v) is 20.7. The molecule has 3 heterocycles. The van der Waals surface area contributed by atoms with E-state index in [2.05, 4.69) is 20.4 Å². The molecule has 2 aromatic carbocycles. The maximum absolute atomic E-state index is 13.9. The highest BCUT2D eigenvalue weighted by atomic mass is 19.2. The number of ether oxygens (including phenoxy) is 1. The minimum Gasteiger partial charge on any atom is -0.436 e. The lowest BCUT2D eigenvalue weighted by molar-refractivity contribution is 0.355. The fourth-order valence-corrected chi connectivity index (χ4v) is 3.78. The number of rotatable bonds is 8. The quantitative estimate of drug-likeness (QED) is 0.280. The Hall–Kier alpha value is -5.40. The molecule has 204 valence electrons. The molecule has 0 amide bonds. The van der Waals surface area contributed by atoms with Gasteiger partial charge in [-0.15, -0.1) is 0 Å². The van der Waals surface area contributed by atoms with Crippen molar-refractivity contribution < 1.29 is 22.4 Å². The highest BCUT2D eigenvalue weighted by molar-refractivity contribution is 5.55. The van der Waals surface area contributed by atoms with Crippen LogP contribution in [0.5, 0.6) is 11.6 Å². The zero-order chi connectivity index (χ0) is 28.4. The van der Waals surface area contributed by atoms with E-state index in [1.165, 1.54) is 18.3 Å². The van der Waals surface area contributed by atoms with Gasteiger partial charge in [0.1, 0.15) is 11.5 Å². The molecule has 0 fully saturated rings. The summed E-state index contributed by atoms with van der Waals surface area (Å²) in [6, 6.07) is 12.3. The average Bonchev–Trinajstić information content (AvgIpc) is 3.33. The highest BCUT2D eigenvalue weighted by Crippen LogP contribution is 2.24. The molecule has 40 heavy (non-hydrogen) atoms. The third-order valence-corrected chi connectivity index (χ3v) is 5.70.